The van der Waals surface area contributed by atoms with E-state index in [1.807, 2.05) is 0 Å². The molecule has 0 aromatic carbocycles. The number of rotatable bonds is 6. The van der Waals surface area contributed by atoms with Crippen LogP contribution in [-0.2, 0) is 4.74 Å². The fourth-order valence-corrected chi connectivity index (χ4v) is 2.41. The SMILES string of the molecule is CCCCNCC(C)N1CCOCC1(C)C. The first kappa shape index (κ1) is 13.9. The second-order valence-corrected chi connectivity index (χ2v) is 5.47. The Hall–Kier alpha value is -0.120. The largest absolute Gasteiger partial charge is 0.378 e. The van der Waals surface area contributed by atoms with E-state index in [0.29, 0.717) is 6.04 Å². The van der Waals surface area contributed by atoms with Gasteiger partial charge in [-0.1, -0.05) is 13.3 Å². The molecular formula is C13H28N2O. The Labute approximate surface area is 101 Å². The van der Waals surface area contributed by atoms with E-state index in [1.165, 1.54) is 12.8 Å². The molecule has 96 valence electrons. The van der Waals surface area contributed by atoms with Crippen LogP contribution in [-0.4, -0.2) is 49.3 Å². The molecule has 0 aromatic heterocycles. The van der Waals surface area contributed by atoms with Crippen LogP contribution in [0.5, 0.6) is 0 Å². The van der Waals surface area contributed by atoms with Gasteiger partial charge in [-0.2, -0.15) is 0 Å². The van der Waals surface area contributed by atoms with Crippen molar-refractivity contribution in [2.75, 3.05) is 32.8 Å². The minimum Gasteiger partial charge on any atom is -0.378 e. The summed E-state index contributed by atoms with van der Waals surface area (Å²) < 4.78 is 5.55. The lowest BCUT2D eigenvalue weighted by Gasteiger charge is -2.45. The maximum Gasteiger partial charge on any atom is 0.0645 e. The lowest BCUT2D eigenvalue weighted by atomic mass is 10.00. The van der Waals surface area contributed by atoms with Crippen molar-refractivity contribution in [2.45, 2.75) is 52.1 Å². The number of morpholine rings is 1. The van der Waals surface area contributed by atoms with Crippen molar-refractivity contribution in [3.8, 4) is 0 Å². The van der Waals surface area contributed by atoms with Crippen LogP contribution in [0.4, 0.5) is 0 Å². The fraction of sp³-hybridized carbons (Fsp3) is 1.00. The Morgan fingerprint density at radius 1 is 1.44 bits per heavy atom. The van der Waals surface area contributed by atoms with Crippen molar-refractivity contribution >= 4 is 0 Å². The number of ether oxygens (including phenoxy) is 1. The van der Waals surface area contributed by atoms with Crippen molar-refractivity contribution in [1.82, 2.24) is 10.2 Å². The van der Waals surface area contributed by atoms with Crippen LogP contribution in [0.3, 0.4) is 0 Å². The van der Waals surface area contributed by atoms with Gasteiger partial charge in [0.05, 0.1) is 13.2 Å². The quantitative estimate of drug-likeness (QED) is 0.703. The Bertz CT molecular complexity index is 194. The summed E-state index contributed by atoms with van der Waals surface area (Å²) in [6.07, 6.45) is 2.55. The summed E-state index contributed by atoms with van der Waals surface area (Å²) in [6, 6.07) is 0.593. The highest BCUT2D eigenvalue weighted by Crippen LogP contribution is 2.21. The second kappa shape index (κ2) is 6.58. The fourth-order valence-electron chi connectivity index (χ4n) is 2.41. The minimum absolute atomic E-state index is 0.185. The summed E-state index contributed by atoms with van der Waals surface area (Å²) in [5.74, 6) is 0. The van der Waals surface area contributed by atoms with E-state index in [4.69, 9.17) is 4.74 Å². The van der Waals surface area contributed by atoms with E-state index in [9.17, 15) is 0 Å². The van der Waals surface area contributed by atoms with Gasteiger partial charge in [-0.05, 0) is 33.7 Å². The second-order valence-electron chi connectivity index (χ2n) is 5.47. The Morgan fingerprint density at radius 2 is 2.19 bits per heavy atom. The summed E-state index contributed by atoms with van der Waals surface area (Å²) in [5, 5.41) is 3.54. The molecule has 0 radical (unpaired) electrons. The van der Waals surface area contributed by atoms with Gasteiger partial charge in [-0.3, -0.25) is 4.90 Å². The zero-order valence-electron chi connectivity index (χ0n) is 11.4. The molecule has 0 aliphatic carbocycles. The van der Waals surface area contributed by atoms with Crippen LogP contribution in [0.1, 0.15) is 40.5 Å². The third kappa shape index (κ3) is 4.04. The molecule has 1 aliphatic heterocycles. The average Bonchev–Trinajstić information content (AvgIpc) is 2.23. The Kier molecular flexibility index (Phi) is 5.73. The van der Waals surface area contributed by atoms with Crippen LogP contribution in [0.15, 0.2) is 0 Å². The summed E-state index contributed by atoms with van der Waals surface area (Å²) in [4.78, 5) is 2.56. The van der Waals surface area contributed by atoms with Crippen molar-refractivity contribution in [2.24, 2.45) is 0 Å². The Morgan fingerprint density at radius 3 is 2.81 bits per heavy atom. The normalized spacial score (nSPS) is 23.2. The average molecular weight is 228 g/mol. The number of nitrogens with zero attached hydrogens (tertiary/aromatic N) is 1. The lowest BCUT2D eigenvalue weighted by molar-refractivity contribution is -0.0681. The van der Waals surface area contributed by atoms with Gasteiger partial charge in [0, 0.05) is 24.7 Å². The smallest absolute Gasteiger partial charge is 0.0645 e. The molecule has 1 N–H and O–H groups in total. The van der Waals surface area contributed by atoms with Gasteiger partial charge in [0.1, 0.15) is 0 Å². The van der Waals surface area contributed by atoms with E-state index in [1.54, 1.807) is 0 Å². The molecular weight excluding hydrogens is 200 g/mol. The highest BCUT2D eigenvalue weighted by Gasteiger charge is 2.33. The molecule has 1 heterocycles. The molecule has 0 aromatic rings. The van der Waals surface area contributed by atoms with E-state index in [2.05, 4.69) is 37.9 Å². The minimum atomic E-state index is 0.185. The zero-order chi connectivity index (χ0) is 12.0. The Balaban J connectivity index is 2.31. The molecule has 1 atom stereocenters. The highest BCUT2D eigenvalue weighted by molar-refractivity contribution is 4.88. The van der Waals surface area contributed by atoms with E-state index >= 15 is 0 Å². The third-order valence-corrected chi connectivity index (χ3v) is 3.39. The van der Waals surface area contributed by atoms with Gasteiger partial charge in [-0.25, -0.2) is 0 Å². The van der Waals surface area contributed by atoms with Crippen molar-refractivity contribution in [1.29, 1.82) is 0 Å². The molecule has 3 nitrogen and oxygen atoms in total. The van der Waals surface area contributed by atoms with Gasteiger partial charge >= 0.3 is 0 Å². The zero-order valence-corrected chi connectivity index (χ0v) is 11.4. The molecule has 0 amide bonds. The monoisotopic (exact) mass is 228 g/mol. The van der Waals surface area contributed by atoms with Gasteiger partial charge in [0.2, 0.25) is 0 Å². The summed E-state index contributed by atoms with van der Waals surface area (Å²) >= 11 is 0. The van der Waals surface area contributed by atoms with Crippen molar-refractivity contribution in [3.63, 3.8) is 0 Å². The first-order chi connectivity index (χ1) is 7.58. The summed E-state index contributed by atoms with van der Waals surface area (Å²) in [7, 11) is 0. The van der Waals surface area contributed by atoms with Gasteiger partial charge in [0.25, 0.3) is 0 Å². The third-order valence-electron chi connectivity index (χ3n) is 3.39. The van der Waals surface area contributed by atoms with Crippen LogP contribution in [0, 0.1) is 0 Å². The first-order valence-electron chi connectivity index (χ1n) is 6.63. The number of unbranched alkanes of at least 4 members (excludes halogenated alkanes) is 1. The molecule has 1 saturated heterocycles. The van der Waals surface area contributed by atoms with Gasteiger partial charge < -0.3 is 10.1 Å². The molecule has 1 unspecified atom stereocenters. The molecule has 1 aliphatic rings. The van der Waals surface area contributed by atoms with E-state index in [0.717, 1.165) is 32.8 Å². The number of hydrogen-bond donors (Lipinski definition) is 1. The van der Waals surface area contributed by atoms with Crippen LogP contribution in [0.25, 0.3) is 0 Å². The molecule has 16 heavy (non-hydrogen) atoms. The number of hydrogen-bond acceptors (Lipinski definition) is 3. The molecule has 0 saturated carbocycles. The molecule has 0 bridgehead atoms. The predicted octanol–water partition coefficient (Wildman–Crippen LogP) is 1.88. The lowest BCUT2D eigenvalue weighted by Crippen LogP contribution is -2.58. The number of nitrogens with one attached hydrogen (secondary N) is 1. The maximum atomic E-state index is 5.55. The van der Waals surface area contributed by atoms with Crippen LogP contribution in [0.2, 0.25) is 0 Å². The summed E-state index contributed by atoms with van der Waals surface area (Å²) in [6.45, 7) is 14.1. The molecule has 0 spiro atoms. The van der Waals surface area contributed by atoms with E-state index in [-0.39, 0.29) is 5.54 Å². The molecule has 3 heteroatoms. The predicted molar refractivity (Wildman–Crippen MR) is 68.8 cm³/mol. The molecule has 1 fully saturated rings. The molecule has 1 rings (SSSR count). The van der Waals surface area contributed by atoms with E-state index < -0.39 is 0 Å². The van der Waals surface area contributed by atoms with Gasteiger partial charge in [0.15, 0.2) is 0 Å². The standard InChI is InChI=1S/C13H28N2O/c1-5-6-7-14-10-12(2)15-8-9-16-11-13(15,3)4/h12,14H,5-11H2,1-4H3. The van der Waals surface area contributed by atoms with Crippen LogP contribution < -0.4 is 5.32 Å². The first-order valence-corrected chi connectivity index (χ1v) is 6.63. The highest BCUT2D eigenvalue weighted by atomic mass is 16.5. The topological polar surface area (TPSA) is 24.5 Å². The van der Waals surface area contributed by atoms with Crippen molar-refractivity contribution in [3.05, 3.63) is 0 Å². The van der Waals surface area contributed by atoms with Crippen LogP contribution >= 0.6 is 0 Å². The van der Waals surface area contributed by atoms with Crippen molar-refractivity contribution < 1.29 is 4.74 Å². The summed E-state index contributed by atoms with van der Waals surface area (Å²) in [5.41, 5.74) is 0.185. The maximum absolute atomic E-state index is 5.55. The van der Waals surface area contributed by atoms with Gasteiger partial charge in [-0.15, -0.1) is 0 Å².